The molecule has 2 aromatic rings. The lowest BCUT2D eigenvalue weighted by atomic mass is 9.99. The van der Waals surface area contributed by atoms with Crippen LogP contribution in [0.4, 0.5) is 5.69 Å². The van der Waals surface area contributed by atoms with Gasteiger partial charge in [0, 0.05) is 11.8 Å². The Kier molecular flexibility index (Phi) is 6.36. The van der Waals surface area contributed by atoms with Crippen LogP contribution in [0.5, 0.6) is 0 Å². The van der Waals surface area contributed by atoms with Gasteiger partial charge in [-0.2, -0.15) is 0 Å². The highest BCUT2D eigenvalue weighted by Crippen LogP contribution is 2.20. The van der Waals surface area contributed by atoms with Crippen LogP contribution in [-0.2, 0) is 4.79 Å². The van der Waals surface area contributed by atoms with Gasteiger partial charge < -0.3 is 5.32 Å². The quantitative estimate of drug-likeness (QED) is 0.652. The number of rotatable bonds is 6. The summed E-state index contributed by atoms with van der Waals surface area (Å²) < 4.78 is 0. The molecule has 0 aliphatic heterocycles. The maximum atomic E-state index is 12.0. The SMILES string of the molecule is CCC(C)c1ccc(NC(=O)/C=C\c2ccc(C(C)C)cc2)cc1. The average Bonchev–Trinajstić information content (AvgIpc) is 2.60. The van der Waals surface area contributed by atoms with Crippen LogP contribution in [0.25, 0.3) is 6.08 Å². The summed E-state index contributed by atoms with van der Waals surface area (Å²) in [6, 6.07) is 16.4. The van der Waals surface area contributed by atoms with Crippen LogP contribution in [0.3, 0.4) is 0 Å². The molecule has 0 aliphatic carbocycles. The summed E-state index contributed by atoms with van der Waals surface area (Å²) in [5, 5.41) is 2.90. The first-order chi connectivity index (χ1) is 11.5. The molecule has 1 atom stereocenters. The Morgan fingerprint density at radius 3 is 2.08 bits per heavy atom. The van der Waals surface area contributed by atoms with E-state index in [1.165, 1.54) is 11.1 Å². The highest BCUT2D eigenvalue weighted by molar-refractivity contribution is 6.01. The average molecular weight is 321 g/mol. The van der Waals surface area contributed by atoms with Gasteiger partial charge in [0.1, 0.15) is 0 Å². The van der Waals surface area contributed by atoms with Gasteiger partial charge in [0.05, 0.1) is 0 Å². The summed E-state index contributed by atoms with van der Waals surface area (Å²) in [5.74, 6) is 0.951. The van der Waals surface area contributed by atoms with Gasteiger partial charge in [0.25, 0.3) is 0 Å². The van der Waals surface area contributed by atoms with Gasteiger partial charge in [-0.1, -0.05) is 64.1 Å². The van der Waals surface area contributed by atoms with Gasteiger partial charge in [0.2, 0.25) is 5.91 Å². The number of amides is 1. The first kappa shape index (κ1) is 18.0. The lowest BCUT2D eigenvalue weighted by molar-refractivity contribution is -0.111. The Bertz CT molecular complexity index is 681. The first-order valence-electron chi connectivity index (χ1n) is 8.68. The minimum atomic E-state index is -0.112. The van der Waals surface area contributed by atoms with Crippen molar-refractivity contribution in [3.8, 4) is 0 Å². The fourth-order valence-electron chi connectivity index (χ4n) is 2.48. The smallest absolute Gasteiger partial charge is 0.248 e. The number of carbonyl (C=O) groups excluding carboxylic acids is 1. The number of nitrogens with one attached hydrogen (secondary N) is 1. The molecule has 0 fully saturated rings. The van der Waals surface area contributed by atoms with Crippen molar-refractivity contribution in [3.05, 3.63) is 71.3 Å². The third-order valence-corrected chi connectivity index (χ3v) is 4.39. The van der Waals surface area contributed by atoms with Crippen molar-refractivity contribution in [1.29, 1.82) is 0 Å². The molecular formula is C22H27NO. The van der Waals surface area contributed by atoms with Crippen molar-refractivity contribution in [2.45, 2.75) is 46.0 Å². The van der Waals surface area contributed by atoms with Crippen LogP contribution in [0.2, 0.25) is 0 Å². The molecule has 126 valence electrons. The van der Waals surface area contributed by atoms with E-state index in [0.717, 1.165) is 17.7 Å². The maximum absolute atomic E-state index is 12.0. The molecule has 0 aliphatic rings. The van der Waals surface area contributed by atoms with Crippen LogP contribution in [0, 0.1) is 0 Å². The molecule has 2 heteroatoms. The minimum Gasteiger partial charge on any atom is -0.323 e. The predicted octanol–water partition coefficient (Wildman–Crippen LogP) is 5.98. The molecule has 0 saturated carbocycles. The number of benzene rings is 2. The highest BCUT2D eigenvalue weighted by Gasteiger charge is 2.03. The first-order valence-corrected chi connectivity index (χ1v) is 8.68. The fraction of sp³-hybridized carbons (Fsp3) is 0.318. The monoisotopic (exact) mass is 321 g/mol. The van der Waals surface area contributed by atoms with Crippen molar-refractivity contribution in [2.24, 2.45) is 0 Å². The Morgan fingerprint density at radius 2 is 1.54 bits per heavy atom. The van der Waals surface area contributed by atoms with E-state index in [-0.39, 0.29) is 5.91 Å². The third-order valence-electron chi connectivity index (χ3n) is 4.39. The van der Waals surface area contributed by atoms with Crippen molar-refractivity contribution < 1.29 is 4.79 Å². The topological polar surface area (TPSA) is 29.1 Å². The lowest BCUT2D eigenvalue weighted by Gasteiger charge is -2.09. The molecule has 1 amide bonds. The molecule has 0 heterocycles. The number of anilines is 1. The van der Waals surface area contributed by atoms with Gasteiger partial charge in [0.15, 0.2) is 0 Å². The zero-order chi connectivity index (χ0) is 17.5. The largest absolute Gasteiger partial charge is 0.323 e. The molecule has 1 N–H and O–H groups in total. The fourth-order valence-corrected chi connectivity index (χ4v) is 2.48. The molecule has 1 unspecified atom stereocenters. The van der Waals surface area contributed by atoms with Gasteiger partial charge in [-0.15, -0.1) is 0 Å². The van der Waals surface area contributed by atoms with E-state index >= 15 is 0 Å². The van der Waals surface area contributed by atoms with Crippen LogP contribution < -0.4 is 5.32 Å². The highest BCUT2D eigenvalue weighted by atomic mass is 16.1. The van der Waals surface area contributed by atoms with Gasteiger partial charge >= 0.3 is 0 Å². The molecule has 0 saturated heterocycles. The minimum absolute atomic E-state index is 0.112. The second-order valence-corrected chi connectivity index (χ2v) is 6.58. The molecule has 24 heavy (non-hydrogen) atoms. The van der Waals surface area contributed by atoms with Crippen molar-refractivity contribution in [3.63, 3.8) is 0 Å². The van der Waals surface area contributed by atoms with E-state index in [9.17, 15) is 4.79 Å². The van der Waals surface area contributed by atoms with E-state index in [4.69, 9.17) is 0 Å². The summed E-state index contributed by atoms with van der Waals surface area (Å²) in [6.07, 6.45) is 4.53. The number of hydrogen-bond donors (Lipinski definition) is 1. The summed E-state index contributed by atoms with van der Waals surface area (Å²) in [4.78, 5) is 12.0. The molecule has 2 nitrogen and oxygen atoms in total. The lowest BCUT2D eigenvalue weighted by Crippen LogP contribution is -2.07. The van der Waals surface area contributed by atoms with Gasteiger partial charge in [-0.25, -0.2) is 0 Å². The van der Waals surface area contributed by atoms with Crippen LogP contribution in [0.1, 0.15) is 62.6 Å². The van der Waals surface area contributed by atoms with E-state index in [1.54, 1.807) is 6.08 Å². The second kappa shape index (κ2) is 8.49. The van der Waals surface area contributed by atoms with E-state index in [2.05, 4.69) is 57.3 Å². The van der Waals surface area contributed by atoms with Gasteiger partial charge in [-0.05, 0) is 53.2 Å². The maximum Gasteiger partial charge on any atom is 0.248 e. The number of carbonyl (C=O) groups is 1. The zero-order valence-electron chi connectivity index (χ0n) is 15.0. The van der Waals surface area contributed by atoms with E-state index < -0.39 is 0 Å². The summed E-state index contributed by atoms with van der Waals surface area (Å²) >= 11 is 0. The third kappa shape index (κ3) is 5.09. The van der Waals surface area contributed by atoms with E-state index in [1.807, 2.05) is 30.3 Å². The molecule has 0 aromatic heterocycles. The Hall–Kier alpha value is -2.35. The predicted molar refractivity (Wildman–Crippen MR) is 103 cm³/mol. The van der Waals surface area contributed by atoms with Crippen molar-refractivity contribution >= 4 is 17.7 Å². The Balaban J connectivity index is 1.94. The standard InChI is InChI=1S/C22H27NO/c1-5-17(4)20-11-13-21(14-12-20)23-22(24)15-8-18-6-9-19(10-7-18)16(2)3/h6-17H,5H2,1-4H3,(H,23,24)/b15-8-. The molecule has 0 radical (unpaired) electrons. The van der Waals surface area contributed by atoms with E-state index in [0.29, 0.717) is 11.8 Å². The van der Waals surface area contributed by atoms with Crippen molar-refractivity contribution in [2.75, 3.05) is 5.32 Å². The zero-order valence-corrected chi connectivity index (χ0v) is 15.0. The van der Waals surface area contributed by atoms with Crippen molar-refractivity contribution in [1.82, 2.24) is 0 Å². The summed E-state index contributed by atoms with van der Waals surface area (Å²) in [5.41, 5.74) is 4.46. The summed E-state index contributed by atoms with van der Waals surface area (Å²) in [6.45, 7) is 8.73. The molecule has 2 aromatic carbocycles. The van der Waals surface area contributed by atoms with Gasteiger partial charge in [-0.3, -0.25) is 4.79 Å². The molecular weight excluding hydrogens is 294 g/mol. The van der Waals surface area contributed by atoms with Crippen LogP contribution in [0.15, 0.2) is 54.6 Å². The Labute approximate surface area is 145 Å². The summed E-state index contributed by atoms with van der Waals surface area (Å²) in [7, 11) is 0. The normalized spacial score (nSPS) is 12.5. The van der Waals surface area contributed by atoms with Crippen LogP contribution in [-0.4, -0.2) is 5.91 Å². The van der Waals surface area contributed by atoms with Crippen LogP contribution >= 0.6 is 0 Å². The molecule has 0 bridgehead atoms. The molecule has 2 rings (SSSR count). The molecule has 0 spiro atoms. The Morgan fingerprint density at radius 1 is 0.958 bits per heavy atom. The second-order valence-electron chi connectivity index (χ2n) is 6.58. The number of hydrogen-bond acceptors (Lipinski definition) is 1.